The molecule has 0 spiro atoms. The van der Waals surface area contributed by atoms with Crippen LogP contribution in [0.1, 0.15) is 17.0 Å². The Balaban J connectivity index is 1.61. The molecular formula is C23H24N4O3. The van der Waals surface area contributed by atoms with Crippen molar-refractivity contribution in [1.29, 1.82) is 0 Å². The zero-order chi connectivity index (χ0) is 21.5. The normalized spacial score (nSPS) is 10.7. The number of methoxy groups -OCH3 is 2. The lowest BCUT2D eigenvalue weighted by atomic mass is 10.2. The number of anilines is 3. The minimum Gasteiger partial charge on any atom is -0.493 e. The average molecular weight is 404 g/mol. The molecular weight excluding hydrogens is 380 g/mol. The molecule has 0 unspecified atom stereocenters. The number of rotatable bonds is 7. The fourth-order valence-corrected chi connectivity index (χ4v) is 2.86. The van der Waals surface area contributed by atoms with Crippen molar-refractivity contribution in [1.82, 2.24) is 9.97 Å². The minimum atomic E-state index is -0.233. The maximum Gasteiger partial charge on any atom is 0.248 e. The van der Waals surface area contributed by atoms with Gasteiger partial charge in [0, 0.05) is 28.8 Å². The van der Waals surface area contributed by atoms with Crippen molar-refractivity contribution >= 4 is 29.3 Å². The summed E-state index contributed by atoms with van der Waals surface area (Å²) in [4.78, 5) is 20.9. The van der Waals surface area contributed by atoms with Crippen molar-refractivity contribution in [2.75, 3.05) is 24.9 Å². The van der Waals surface area contributed by atoms with Crippen LogP contribution in [0.15, 0.2) is 54.6 Å². The highest BCUT2D eigenvalue weighted by Gasteiger charge is 2.04. The summed E-state index contributed by atoms with van der Waals surface area (Å²) in [5.74, 6) is 1.56. The van der Waals surface area contributed by atoms with E-state index in [1.165, 1.54) is 6.08 Å². The molecule has 3 aromatic rings. The fourth-order valence-electron chi connectivity index (χ4n) is 2.86. The van der Waals surface area contributed by atoms with E-state index < -0.39 is 0 Å². The SMILES string of the molecule is COc1ccc(/C=C/C(=O)Nc2ccc(Nc3nc(C)cc(C)n3)cc2)cc1OC. The van der Waals surface area contributed by atoms with E-state index in [4.69, 9.17) is 9.47 Å². The molecule has 0 saturated heterocycles. The molecule has 0 radical (unpaired) electrons. The van der Waals surface area contributed by atoms with Crippen molar-refractivity contribution < 1.29 is 14.3 Å². The second-order valence-corrected chi connectivity index (χ2v) is 6.61. The van der Waals surface area contributed by atoms with E-state index in [0.29, 0.717) is 23.1 Å². The smallest absolute Gasteiger partial charge is 0.248 e. The number of ether oxygens (including phenoxy) is 2. The van der Waals surface area contributed by atoms with Gasteiger partial charge in [-0.3, -0.25) is 4.79 Å². The summed E-state index contributed by atoms with van der Waals surface area (Å²) in [6, 6.07) is 14.7. The van der Waals surface area contributed by atoms with Crippen LogP contribution in [0.3, 0.4) is 0 Å². The van der Waals surface area contributed by atoms with E-state index >= 15 is 0 Å². The molecule has 154 valence electrons. The monoisotopic (exact) mass is 404 g/mol. The van der Waals surface area contributed by atoms with Gasteiger partial charge < -0.3 is 20.1 Å². The third kappa shape index (κ3) is 5.57. The van der Waals surface area contributed by atoms with Gasteiger partial charge in [0.15, 0.2) is 11.5 Å². The summed E-state index contributed by atoms with van der Waals surface area (Å²) in [5, 5.41) is 5.99. The van der Waals surface area contributed by atoms with Crippen molar-refractivity contribution in [2.24, 2.45) is 0 Å². The summed E-state index contributed by atoms with van der Waals surface area (Å²) in [5.41, 5.74) is 4.14. The molecule has 7 heteroatoms. The number of benzene rings is 2. The van der Waals surface area contributed by atoms with Crippen LogP contribution in [0.4, 0.5) is 17.3 Å². The first-order valence-electron chi connectivity index (χ1n) is 9.37. The molecule has 0 bridgehead atoms. The molecule has 0 aliphatic rings. The first-order chi connectivity index (χ1) is 14.5. The van der Waals surface area contributed by atoms with Gasteiger partial charge in [0.2, 0.25) is 11.9 Å². The van der Waals surface area contributed by atoms with Crippen LogP contribution in [0, 0.1) is 13.8 Å². The second-order valence-electron chi connectivity index (χ2n) is 6.61. The number of hydrogen-bond acceptors (Lipinski definition) is 6. The largest absolute Gasteiger partial charge is 0.493 e. The van der Waals surface area contributed by atoms with E-state index in [9.17, 15) is 4.79 Å². The maximum absolute atomic E-state index is 12.2. The zero-order valence-electron chi connectivity index (χ0n) is 17.4. The highest BCUT2D eigenvalue weighted by molar-refractivity contribution is 6.02. The summed E-state index contributed by atoms with van der Waals surface area (Å²) in [6.07, 6.45) is 3.18. The lowest BCUT2D eigenvalue weighted by Crippen LogP contribution is -2.07. The van der Waals surface area contributed by atoms with Crippen LogP contribution in [-0.2, 0) is 4.79 Å². The Morgan fingerprint density at radius 3 is 2.13 bits per heavy atom. The highest BCUT2D eigenvalue weighted by atomic mass is 16.5. The van der Waals surface area contributed by atoms with Gasteiger partial charge in [-0.2, -0.15) is 0 Å². The lowest BCUT2D eigenvalue weighted by Gasteiger charge is -2.08. The first kappa shape index (κ1) is 20.9. The number of carbonyl (C=O) groups excluding carboxylic acids is 1. The molecule has 2 aromatic carbocycles. The van der Waals surface area contributed by atoms with Crippen molar-refractivity contribution in [2.45, 2.75) is 13.8 Å². The minimum absolute atomic E-state index is 0.233. The van der Waals surface area contributed by atoms with Crippen LogP contribution >= 0.6 is 0 Å². The van der Waals surface area contributed by atoms with E-state index in [1.807, 2.05) is 50.2 Å². The Labute approximate surface area is 175 Å². The van der Waals surface area contributed by atoms with Crippen molar-refractivity contribution in [3.63, 3.8) is 0 Å². The van der Waals surface area contributed by atoms with Crippen LogP contribution in [0.2, 0.25) is 0 Å². The quantitative estimate of drug-likeness (QED) is 0.564. The molecule has 0 aliphatic carbocycles. The molecule has 0 fully saturated rings. The van der Waals surface area contributed by atoms with Gasteiger partial charge >= 0.3 is 0 Å². The first-order valence-corrected chi connectivity index (χ1v) is 9.37. The summed E-state index contributed by atoms with van der Waals surface area (Å²) >= 11 is 0. The van der Waals surface area contributed by atoms with Crippen molar-refractivity contribution in [3.05, 3.63) is 71.6 Å². The fraction of sp³-hybridized carbons (Fsp3) is 0.174. The van der Waals surface area contributed by atoms with E-state index in [-0.39, 0.29) is 5.91 Å². The number of nitrogens with zero attached hydrogens (tertiary/aromatic N) is 2. The summed E-state index contributed by atoms with van der Waals surface area (Å²) in [6.45, 7) is 3.85. The molecule has 1 amide bonds. The molecule has 7 nitrogen and oxygen atoms in total. The maximum atomic E-state index is 12.2. The zero-order valence-corrected chi connectivity index (χ0v) is 17.4. The predicted molar refractivity (Wildman–Crippen MR) is 118 cm³/mol. The number of carbonyl (C=O) groups is 1. The average Bonchev–Trinajstić information content (AvgIpc) is 2.72. The summed E-state index contributed by atoms with van der Waals surface area (Å²) < 4.78 is 10.5. The Bertz CT molecular complexity index is 1040. The Kier molecular flexibility index (Phi) is 6.64. The molecule has 0 aliphatic heterocycles. The third-order valence-electron chi connectivity index (χ3n) is 4.23. The lowest BCUT2D eigenvalue weighted by molar-refractivity contribution is -0.111. The third-order valence-corrected chi connectivity index (χ3v) is 4.23. The van der Waals surface area contributed by atoms with Crippen LogP contribution in [0.5, 0.6) is 11.5 Å². The van der Waals surface area contributed by atoms with Gasteiger partial charge in [0.1, 0.15) is 0 Å². The second kappa shape index (κ2) is 9.56. The van der Waals surface area contributed by atoms with E-state index in [0.717, 1.165) is 22.6 Å². The molecule has 0 saturated carbocycles. The van der Waals surface area contributed by atoms with Gasteiger partial charge in [-0.1, -0.05) is 6.07 Å². The van der Waals surface area contributed by atoms with Gasteiger partial charge in [-0.05, 0) is 68.0 Å². The topological polar surface area (TPSA) is 85.4 Å². The Morgan fingerprint density at radius 1 is 0.867 bits per heavy atom. The van der Waals surface area contributed by atoms with E-state index in [1.54, 1.807) is 32.4 Å². The number of aryl methyl sites for hydroxylation is 2. The summed E-state index contributed by atoms with van der Waals surface area (Å²) in [7, 11) is 3.15. The van der Waals surface area contributed by atoms with Crippen molar-refractivity contribution in [3.8, 4) is 11.5 Å². The molecule has 3 rings (SSSR count). The van der Waals surface area contributed by atoms with Gasteiger partial charge in [0.25, 0.3) is 0 Å². The molecule has 0 atom stereocenters. The van der Waals surface area contributed by atoms with Gasteiger partial charge in [0.05, 0.1) is 14.2 Å². The van der Waals surface area contributed by atoms with Gasteiger partial charge in [-0.25, -0.2) is 9.97 Å². The molecule has 1 heterocycles. The highest BCUT2D eigenvalue weighted by Crippen LogP contribution is 2.28. The van der Waals surface area contributed by atoms with E-state index in [2.05, 4.69) is 20.6 Å². The van der Waals surface area contributed by atoms with Crippen LogP contribution < -0.4 is 20.1 Å². The molecule has 1 aromatic heterocycles. The predicted octanol–water partition coefficient (Wildman–Crippen LogP) is 4.51. The molecule has 30 heavy (non-hydrogen) atoms. The van der Waals surface area contributed by atoms with Crippen LogP contribution in [0.25, 0.3) is 6.08 Å². The molecule has 2 N–H and O–H groups in total. The standard InChI is InChI=1S/C23H24N4O3/c1-15-13-16(2)25-23(24-15)27-19-9-7-18(8-10-19)26-22(28)12-6-17-5-11-20(29-3)21(14-17)30-4/h5-14H,1-4H3,(H,26,28)(H,24,25,27)/b12-6+. The number of aromatic nitrogens is 2. The Hall–Kier alpha value is -3.87. The van der Waals surface area contributed by atoms with Gasteiger partial charge in [-0.15, -0.1) is 0 Å². The number of amides is 1. The number of nitrogens with one attached hydrogen (secondary N) is 2. The number of hydrogen-bond donors (Lipinski definition) is 2. The Morgan fingerprint density at radius 2 is 1.50 bits per heavy atom. The van der Waals surface area contributed by atoms with Crippen LogP contribution in [-0.4, -0.2) is 30.1 Å².